The van der Waals surface area contributed by atoms with Crippen LogP contribution < -0.4 is 25.8 Å². The minimum Gasteiger partial charge on any atom is -0.842 e. The van der Waals surface area contributed by atoms with Gasteiger partial charge in [-0.3, -0.25) is 0 Å². The highest BCUT2D eigenvalue weighted by atomic mass is 35.5. The standard InChI is InChI=1S/C27H20ClN5O3/c28-22-14-9-18(16-30-22)17-33-23-8-4-5-15-32(23)26(34)24(27(33)35)19-10-12-20(13-11-19)25(29)31-36-21-6-2-1-3-7-21/h1-16H,17H2,(H2-,29,31,34,35). The molecule has 0 radical (unpaired) electrons. The van der Waals surface area contributed by atoms with Crippen molar-refractivity contribution in [2.75, 3.05) is 0 Å². The molecule has 0 aliphatic rings. The fraction of sp³-hybridized carbons (Fsp3) is 0.0370. The van der Waals surface area contributed by atoms with Crippen molar-refractivity contribution >= 4 is 23.1 Å². The number of pyridine rings is 2. The van der Waals surface area contributed by atoms with Gasteiger partial charge in [-0.1, -0.05) is 71.4 Å². The third-order valence-corrected chi connectivity index (χ3v) is 5.82. The second kappa shape index (κ2) is 9.89. The summed E-state index contributed by atoms with van der Waals surface area (Å²) in [6, 6.07) is 24.5. The molecule has 2 N–H and O–H groups in total. The number of amidine groups is 1. The molecule has 0 fully saturated rings. The van der Waals surface area contributed by atoms with Crippen LogP contribution in [0.4, 0.5) is 0 Å². The maximum absolute atomic E-state index is 13.6. The van der Waals surface area contributed by atoms with Gasteiger partial charge < -0.3 is 15.7 Å². The van der Waals surface area contributed by atoms with Crippen LogP contribution in [0, 0.1) is 0 Å². The summed E-state index contributed by atoms with van der Waals surface area (Å²) in [4.78, 5) is 22.8. The van der Waals surface area contributed by atoms with Crippen LogP contribution in [-0.2, 0) is 6.54 Å². The van der Waals surface area contributed by atoms with Gasteiger partial charge in [0.25, 0.3) is 5.65 Å². The van der Waals surface area contributed by atoms with Crippen molar-refractivity contribution in [3.8, 4) is 22.8 Å². The van der Waals surface area contributed by atoms with Crippen LogP contribution in [0.1, 0.15) is 11.1 Å². The number of nitrogens with two attached hydrogens (primary N) is 1. The summed E-state index contributed by atoms with van der Waals surface area (Å²) >= 11 is 5.90. The van der Waals surface area contributed by atoms with Gasteiger partial charge in [-0.2, -0.15) is 4.40 Å². The molecule has 178 valence electrons. The Labute approximate surface area is 211 Å². The average Bonchev–Trinajstić information content (AvgIpc) is 2.92. The van der Waals surface area contributed by atoms with Crippen molar-refractivity contribution in [1.29, 1.82) is 0 Å². The highest BCUT2D eigenvalue weighted by Gasteiger charge is 2.20. The summed E-state index contributed by atoms with van der Waals surface area (Å²) in [5, 5.41) is 17.9. The average molecular weight is 498 g/mol. The number of rotatable bonds is 6. The van der Waals surface area contributed by atoms with Crippen molar-refractivity contribution in [3.05, 3.63) is 124 Å². The van der Waals surface area contributed by atoms with Gasteiger partial charge in [0.15, 0.2) is 11.6 Å². The van der Waals surface area contributed by atoms with Gasteiger partial charge in [0.1, 0.15) is 17.3 Å². The number of benzene rings is 2. The molecule has 3 aromatic heterocycles. The first-order chi connectivity index (χ1) is 17.5. The number of para-hydroxylation sites is 1. The van der Waals surface area contributed by atoms with Crippen LogP contribution in [0.2, 0.25) is 5.15 Å². The molecule has 0 aliphatic heterocycles. The normalized spacial score (nSPS) is 11.5. The van der Waals surface area contributed by atoms with Crippen LogP contribution in [0.15, 0.2) is 107 Å². The fourth-order valence-corrected chi connectivity index (χ4v) is 3.91. The molecule has 0 amide bonds. The van der Waals surface area contributed by atoms with E-state index in [1.54, 1.807) is 83.7 Å². The minimum atomic E-state index is -0.414. The third-order valence-electron chi connectivity index (χ3n) is 5.60. The maximum atomic E-state index is 13.6. The molecule has 0 saturated heterocycles. The van der Waals surface area contributed by atoms with Gasteiger partial charge in [-0.25, -0.2) is 14.3 Å². The van der Waals surface area contributed by atoms with Crippen molar-refractivity contribution in [1.82, 2.24) is 9.38 Å². The lowest BCUT2D eigenvalue weighted by Gasteiger charge is -2.17. The number of nitrogens with zero attached hydrogens (tertiary/aromatic N) is 4. The minimum absolute atomic E-state index is 0.0446. The molecule has 0 unspecified atom stereocenters. The molecular formula is C27H20ClN5O3. The van der Waals surface area contributed by atoms with Gasteiger partial charge in [-0.05, 0) is 29.8 Å². The van der Waals surface area contributed by atoms with Crippen molar-refractivity contribution in [2.45, 2.75) is 6.54 Å². The van der Waals surface area contributed by atoms with E-state index in [2.05, 4.69) is 10.1 Å². The molecule has 8 nitrogen and oxygen atoms in total. The Bertz CT molecular complexity index is 1620. The zero-order chi connectivity index (χ0) is 25.1. The first kappa shape index (κ1) is 23.1. The van der Waals surface area contributed by atoms with Crippen LogP contribution in [0.5, 0.6) is 11.6 Å². The van der Waals surface area contributed by atoms with E-state index >= 15 is 0 Å². The Kier molecular flexibility index (Phi) is 6.34. The Morgan fingerprint density at radius 3 is 2.50 bits per heavy atom. The monoisotopic (exact) mass is 497 g/mol. The predicted molar refractivity (Wildman–Crippen MR) is 135 cm³/mol. The number of hydrogen-bond acceptors (Lipinski definition) is 5. The molecule has 0 atom stereocenters. The molecule has 0 spiro atoms. The largest absolute Gasteiger partial charge is 0.842 e. The zero-order valence-corrected chi connectivity index (χ0v) is 19.7. The van der Waals surface area contributed by atoms with Crippen LogP contribution in [-0.4, -0.2) is 15.2 Å². The van der Waals surface area contributed by atoms with Crippen molar-refractivity contribution in [2.24, 2.45) is 10.9 Å². The molecule has 0 bridgehead atoms. The topological polar surface area (TPSA) is 109 Å². The summed E-state index contributed by atoms with van der Waals surface area (Å²) in [7, 11) is 0. The first-order valence-corrected chi connectivity index (χ1v) is 11.4. The quantitative estimate of drug-likeness (QED) is 0.127. The third kappa shape index (κ3) is 4.62. The SMILES string of the molecule is N/C(=N\Oc1ccccc1)c1ccc(-c2c([O-])[n+](Cc3ccc(Cl)nc3)c3ccccn3c2=O)cc1. The molecule has 36 heavy (non-hydrogen) atoms. The summed E-state index contributed by atoms with van der Waals surface area (Å²) in [5.41, 5.74) is 7.99. The number of aromatic nitrogens is 3. The van der Waals surface area contributed by atoms with Gasteiger partial charge in [0.05, 0.1) is 12.1 Å². The van der Waals surface area contributed by atoms with Gasteiger partial charge in [-0.15, -0.1) is 0 Å². The molecule has 0 saturated carbocycles. The Balaban J connectivity index is 1.53. The summed E-state index contributed by atoms with van der Waals surface area (Å²) in [5.74, 6) is 0.300. The van der Waals surface area contributed by atoms with E-state index in [1.165, 1.54) is 4.40 Å². The van der Waals surface area contributed by atoms with Crippen LogP contribution in [0.25, 0.3) is 16.8 Å². The van der Waals surface area contributed by atoms with Crippen LogP contribution >= 0.6 is 11.6 Å². The second-order valence-electron chi connectivity index (χ2n) is 7.95. The van der Waals surface area contributed by atoms with Crippen LogP contribution in [0.3, 0.4) is 0 Å². The number of fused-ring (bicyclic) bond motifs is 1. The first-order valence-electron chi connectivity index (χ1n) is 11.0. The number of oxime groups is 1. The Morgan fingerprint density at radius 2 is 1.78 bits per heavy atom. The molecular weight excluding hydrogens is 478 g/mol. The second-order valence-corrected chi connectivity index (χ2v) is 8.33. The molecule has 3 heterocycles. The molecule has 0 aliphatic carbocycles. The highest BCUT2D eigenvalue weighted by molar-refractivity contribution is 6.29. The van der Waals surface area contributed by atoms with E-state index in [1.807, 2.05) is 18.2 Å². The van der Waals surface area contributed by atoms with E-state index < -0.39 is 11.4 Å². The number of hydrogen-bond donors (Lipinski definition) is 1. The highest BCUT2D eigenvalue weighted by Crippen LogP contribution is 2.23. The lowest BCUT2D eigenvalue weighted by atomic mass is 10.1. The summed E-state index contributed by atoms with van der Waals surface area (Å²) < 4.78 is 3.00. The lowest BCUT2D eigenvalue weighted by Crippen LogP contribution is -2.44. The summed E-state index contributed by atoms with van der Waals surface area (Å²) in [6.07, 6.45) is 3.24. The Hall–Kier alpha value is -4.69. The van der Waals surface area contributed by atoms with E-state index in [0.717, 1.165) is 5.56 Å². The lowest BCUT2D eigenvalue weighted by molar-refractivity contribution is -0.708. The van der Waals surface area contributed by atoms with Crippen molar-refractivity contribution < 1.29 is 14.5 Å². The Morgan fingerprint density at radius 1 is 1.03 bits per heavy atom. The van der Waals surface area contributed by atoms with Gasteiger partial charge in [0, 0.05) is 23.4 Å². The molecule has 5 aromatic rings. The van der Waals surface area contributed by atoms with Gasteiger partial charge in [0.2, 0.25) is 0 Å². The smallest absolute Gasteiger partial charge is 0.349 e. The fourth-order valence-electron chi connectivity index (χ4n) is 3.80. The zero-order valence-electron chi connectivity index (χ0n) is 18.9. The summed E-state index contributed by atoms with van der Waals surface area (Å²) in [6.45, 7) is 0.221. The number of halogens is 1. The molecule has 2 aromatic carbocycles. The molecule has 9 heteroatoms. The van der Waals surface area contributed by atoms with E-state index in [0.29, 0.717) is 27.7 Å². The maximum Gasteiger partial charge on any atom is 0.349 e. The van der Waals surface area contributed by atoms with Gasteiger partial charge >= 0.3 is 5.56 Å². The van der Waals surface area contributed by atoms with Crippen molar-refractivity contribution in [3.63, 3.8) is 0 Å². The molecule has 5 rings (SSSR count). The van der Waals surface area contributed by atoms with E-state index in [4.69, 9.17) is 22.2 Å². The van der Waals surface area contributed by atoms with E-state index in [-0.39, 0.29) is 17.9 Å². The predicted octanol–water partition coefficient (Wildman–Crippen LogP) is 3.12. The van der Waals surface area contributed by atoms with E-state index in [9.17, 15) is 9.90 Å².